The van der Waals surface area contributed by atoms with Gasteiger partial charge >= 0.3 is 0 Å². The highest BCUT2D eigenvalue weighted by Crippen LogP contribution is 2.21. The van der Waals surface area contributed by atoms with Crippen LogP contribution in [0.3, 0.4) is 0 Å². The number of nitrogen functional groups attached to an aromatic ring is 1. The highest BCUT2D eigenvalue weighted by Gasteiger charge is 2.26. The Morgan fingerprint density at radius 2 is 2.04 bits per heavy atom. The highest BCUT2D eigenvalue weighted by atomic mass is 35.5. The molecule has 0 unspecified atom stereocenters. The molecule has 3 rings (SSSR count). The van der Waals surface area contributed by atoms with E-state index in [4.69, 9.17) is 17.3 Å². The molecular weight excluding hydrogens is 352 g/mol. The van der Waals surface area contributed by atoms with Gasteiger partial charge in [-0.2, -0.15) is 4.98 Å². The largest absolute Gasteiger partial charge is 0.392 e. The third-order valence-corrected chi connectivity index (χ3v) is 5.11. The fourth-order valence-corrected chi connectivity index (χ4v) is 3.65. The second-order valence-corrected chi connectivity index (χ2v) is 7.40. The third-order valence-electron chi connectivity index (χ3n) is 4.85. The Balaban J connectivity index is 1.56. The van der Waals surface area contributed by atoms with Gasteiger partial charge in [0.05, 0.1) is 6.10 Å². The van der Waals surface area contributed by atoms with Crippen molar-refractivity contribution in [3.8, 4) is 0 Å². The number of rotatable bonds is 7. The number of hydrogen-bond donors (Lipinski definition) is 3. The summed E-state index contributed by atoms with van der Waals surface area (Å²) in [6, 6.07) is 8.44. The van der Waals surface area contributed by atoms with Crippen LogP contribution in [0.15, 0.2) is 24.3 Å². The predicted octanol–water partition coefficient (Wildman–Crippen LogP) is 1.93. The average Bonchev–Trinajstić information content (AvgIpc) is 3.06. The van der Waals surface area contributed by atoms with Gasteiger partial charge in [-0.1, -0.05) is 23.7 Å². The van der Waals surface area contributed by atoms with Crippen LogP contribution in [0.1, 0.15) is 25.3 Å². The molecule has 2 aromatic rings. The summed E-state index contributed by atoms with van der Waals surface area (Å²) in [4.78, 5) is 8.77. The average molecular weight is 379 g/mol. The molecule has 26 heavy (non-hydrogen) atoms. The molecule has 4 N–H and O–H groups in total. The highest BCUT2D eigenvalue weighted by molar-refractivity contribution is 6.30. The molecule has 2 heterocycles. The van der Waals surface area contributed by atoms with Gasteiger partial charge in [0.2, 0.25) is 11.9 Å². The number of hydrogen-bond acceptors (Lipinski definition) is 6. The first-order valence-corrected chi connectivity index (χ1v) is 9.48. The lowest BCUT2D eigenvalue weighted by molar-refractivity contribution is 0.0884. The second kappa shape index (κ2) is 8.70. The van der Waals surface area contributed by atoms with Gasteiger partial charge in [-0.25, -0.2) is 5.10 Å². The number of nitrogens with two attached hydrogens (primary N) is 1. The molecule has 0 amide bonds. The van der Waals surface area contributed by atoms with E-state index in [1.54, 1.807) is 0 Å². The molecule has 1 aromatic heterocycles. The van der Waals surface area contributed by atoms with E-state index in [1.165, 1.54) is 5.56 Å². The van der Waals surface area contributed by atoms with Crippen LogP contribution in [-0.4, -0.2) is 63.5 Å². The van der Waals surface area contributed by atoms with Crippen molar-refractivity contribution in [3.05, 3.63) is 34.9 Å². The normalized spacial score (nSPS) is 17.0. The number of aliphatic hydroxyl groups is 1. The number of piperidine rings is 1. The lowest BCUT2D eigenvalue weighted by Crippen LogP contribution is -2.48. The van der Waals surface area contributed by atoms with Crippen LogP contribution in [0.5, 0.6) is 0 Å². The standard InChI is InChI=1S/C18H27ClN6O/c1-13(26)12-25(9-6-14-2-4-15(19)5-3-14)16-7-10-24(11-8-16)18-21-17(20)22-23-18/h2-5,13,16,26H,6-12H2,1H3,(H3,20,21,22,23)/t13-/m1/s1. The molecule has 1 saturated heterocycles. The summed E-state index contributed by atoms with van der Waals surface area (Å²) in [6.45, 7) is 5.23. The zero-order valence-electron chi connectivity index (χ0n) is 15.1. The van der Waals surface area contributed by atoms with E-state index >= 15 is 0 Å². The Hall–Kier alpha value is -1.83. The quantitative estimate of drug-likeness (QED) is 0.681. The molecule has 1 atom stereocenters. The van der Waals surface area contributed by atoms with E-state index in [1.807, 2.05) is 19.1 Å². The molecule has 142 valence electrons. The Bertz CT molecular complexity index is 681. The summed E-state index contributed by atoms with van der Waals surface area (Å²) in [7, 11) is 0. The van der Waals surface area contributed by atoms with Gasteiger partial charge in [0.15, 0.2) is 0 Å². The van der Waals surface area contributed by atoms with E-state index in [2.05, 4.69) is 37.1 Å². The van der Waals surface area contributed by atoms with Crippen molar-refractivity contribution in [2.45, 2.75) is 38.3 Å². The molecule has 8 heteroatoms. The van der Waals surface area contributed by atoms with Crippen molar-refractivity contribution in [2.24, 2.45) is 0 Å². The first-order valence-electron chi connectivity index (χ1n) is 9.10. The zero-order chi connectivity index (χ0) is 18.5. The van der Waals surface area contributed by atoms with Gasteiger partial charge in [0.1, 0.15) is 0 Å². The lowest BCUT2D eigenvalue weighted by Gasteiger charge is -2.38. The van der Waals surface area contributed by atoms with Crippen molar-refractivity contribution in [3.63, 3.8) is 0 Å². The number of aromatic nitrogens is 3. The molecule has 0 aliphatic carbocycles. The molecule has 1 aliphatic rings. The van der Waals surface area contributed by atoms with E-state index in [-0.39, 0.29) is 6.10 Å². The number of halogens is 1. The molecule has 1 aliphatic heterocycles. The van der Waals surface area contributed by atoms with Gasteiger partial charge in [0.25, 0.3) is 0 Å². The SMILES string of the molecule is C[C@@H](O)CN(CCc1ccc(Cl)cc1)C1CCN(c2n[nH]c(N)n2)CC1. The van der Waals surface area contributed by atoms with Gasteiger partial charge in [0, 0.05) is 37.2 Å². The Morgan fingerprint density at radius 3 is 2.62 bits per heavy atom. The minimum atomic E-state index is -0.342. The van der Waals surface area contributed by atoms with Crippen LogP contribution >= 0.6 is 11.6 Å². The maximum Gasteiger partial charge on any atom is 0.246 e. The minimum absolute atomic E-state index is 0.342. The molecule has 7 nitrogen and oxygen atoms in total. The summed E-state index contributed by atoms with van der Waals surface area (Å²) < 4.78 is 0. The molecule has 1 aromatic carbocycles. The monoisotopic (exact) mass is 378 g/mol. The topological polar surface area (TPSA) is 94.3 Å². The molecule has 0 saturated carbocycles. The molecule has 0 radical (unpaired) electrons. The van der Waals surface area contributed by atoms with Crippen LogP contribution in [-0.2, 0) is 6.42 Å². The molecule has 0 spiro atoms. The van der Waals surface area contributed by atoms with Crippen LogP contribution < -0.4 is 10.6 Å². The second-order valence-electron chi connectivity index (χ2n) is 6.96. The Labute approximate surface area is 159 Å². The maximum absolute atomic E-state index is 9.91. The van der Waals surface area contributed by atoms with E-state index < -0.39 is 0 Å². The smallest absolute Gasteiger partial charge is 0.246 e. The van der Waals surface area contributed by atoms with Crippen molar-refractivity contribution in [1.29, 1.82) is 0 Å². The molecule has 1 fully saturated rings. The number of nitrogens with one attached hydrogen (secondary N) is 1. The van der Waals surface area contributed by atoms with Gasteiger partial charge in [-0.3, -0.25) is 4.90 Å². The van der Waals surface area contributed by atoms with Crippen molar-refractivity contribution < 1.29 is 5.11 Å². The van der Waals surface area contributed by atoms with Gasteiger partial charge in [-0.05, 0) is 43.9 Å². The van der Waals surface area contributed by atoms with Gasteiger partial charge in [-0.15, -0.1) is 5.10 Å². The van der Waals surface area contributed by atoms with Crippen LogP contribution in [0.4, 0.5) is 11.9 Å². The lowest BCUT2D eigenvalue weighted by atomic mass is 10.0. The van der Waals surface area contributed by atoms with Crippen molar-refractivity contribution >= 4 is 23.5 Å². The third kappa shape index (κ3) is 5.09. The van der Waals surface area contributed by atoms with Gasteiger partial charge < -0.3 is 15.7 Å². The summed E-state index contributed by atoms with van der Waals surface area (Å²) >= 11 is 5.96. The van der Waals surface area contributed by atoms with E-state index in [0.29, 0.717) is 24.5 Å². The summed E-state index contributed by atoms with van der Waals surface area (Å²) in [5, 5.41) is 17.5. The molecular formula is C18H27ClN6O. The number of benzene rings is 1. The number of nitrogens with zero attached hydrogens (tertiary/aromatic N) is 4. The van der Waals surface area contributed by atoms with Crippen molar-refractivity contribution in [2.75, 3.05) is 36.8 Å². The summed E-state index contributed by atoms with van der Waals surface area (Å²) in [5.41, 5.74) is 6.88. The van der Waals surface area contributed by atoms with Crippen molar-refractivity contribution in [1.82, 2.24) is 20.1 Å². The number of aromatic amines is 1. The number of anilines is 2. The Morgan fingerprint density at radius 1 is 1.35 bits per heavy atom. The van der Waals surface area contributed by atoms with E-state index in [0.717, 1.165) is 43.9 Å². The van der Waals surface area contributed by atoms with Crippen LogP contribution in [0.25, 0.3) is 0 Å². The van der Waals surface area contributed by atoms with E-state index in [9.17, 15) is 5.11 Å². The minimum Gasteiger partial charge on any atom is -0.392 e. The zero-order valence-corrected chi connectivity index (χ0v) is 15.9. The number of H-pyrrole nitrogens is 1. The summed E-state index contributed by atoms with van der Waals surface area (Å²) in [5.74, 6) is 1.02. The number of aliphatic hydroxyl groups excluding tert-OH is 1. The fourth-order valence-electron chi connectivity index (χ4n) is 3.52. The fraction of sp³-hybridized carbons (Fsp3) is 0.556. The Kier molecular flexibility index (Phi) is 6.34. The first-order chi connectivity index (χ1) is 12.5. The summed E-state index contributed by atoms with van der Waals surface area (Å²) in [6.07, 6.45) is 2.64. The van der Waals surface area contributed by atoms with Crippen LogP contribution in [0, 0.1) is 0 Å². The van der Waals surface area contributed by atoms with Crippen LogP contribution in [0.2, 0.25) is 5.02 Å². The molecule has 0 bridgehead atoms. The predicted molar refractivity (Wildman–Crippen MR) is 104 cm³/mol. The first kappa shape index (κ1) is 18.9. The maximum atomic E-state index is 9.91.